The molecule has 0 aromatic heterocycles. The van der Waals surface area contributed by atoms with Crippen LogP contribution in [0.1, 0.15) is 32.6 Å². The van der Waals surface area contributed by atoms with E-state index in [1.54, 1.807) is 11.8 Å². The molecule has 0 saturated carbocycles. The van der Waals surface area contributed by atoms with E-state index in [1.807, 2.05) is 0 Å². The molecule has 1 heterocycles. The molecule has 1 rings (SSSR count). The highest BCUT2D eigenvalue weighted by atomic mass is 16.4. The smallest absolute Gasteiger partial charge is 0.318 e. The molecule has 1 saturated heterocycles. The Balaban J connectivity index is 2.53. The summed E-state index contributed by atoms with van der Waals surface area (Å²) in [4.78, 5) is 24.2. The van der Waals surface area contributed by atoms with Crippen LogP contribution in [-0.4, -0.2) is 41.1 Å². The van der Waals surface area contributed by atoms with Gasteiger partial charge in [-0.15, -0.1) is 5.92 Å². The summed E-state index contributed by atoms with van der Waals surface area (Å²) >= 11 is 0. The first kappa shape index (κ1) is 13.4. The monoisotopic (exact) mass is 238 g/mol. The highest BCUT2D eigenvalue weighted by Gasteiger charge is 2.27. The van der Waals surface area contributed by atoms with Crippen molar-refractivity contribution < 1.29 is 14.7 Å². The van der Waals surface area contributed by atoms with E-state index in [0.717, 1.165) is 19.3 Å². The third-order valence-corrected chi connectivity index (χ3v) is 2.80. The summed E-state index contributed by atoms with van der Waals surface area (Å²) in [5.74, 6) is 4.58. The number of urea groups is 1. The third kappa shape index (κ3) is 4.35. The van der Waals surface area contributed by atoms with Crippen LogP contribution in [-0.2, 0) is 4.79 Å². The number of nitrogens with one attached hydrogen (secondary N) is 1. The van der Waals surface area contributed by atoms with Gasteiger partial charge in [-0.05, 0) is 26.2 Å². The first-order chi connectivity index (χ1) is 8.15. The average molecular weight is 238 g/mol. The van der Waals surface area contributed by atoms with Crippen LogP contribution in [0.15, 0.2) is 0 Å². The molecule has 17 heavy (non-hydrogen) atoms. The SMILES string of the molecule is CC#CCNC(=O)N1CCCCC1CC(=O)O. The molecule has 0 radical (unpaired) electrons. The van der Waals surface area contributed by atoms with Gasteiger partial charge >= 0.3 is 12.0 Å². The molecule has 5 nitrogen and oxygen atoms in total. The molecule has 0 aromatic rings. The number of carboxylic acid groups (broad SMARTS) is 1. The molecule has 1 fully saturated rings. The lowest BCUT2D eigenvalue weighted by atomic mass is 10.00. The topological polar surface area (TPSA) is 69.6 Å². The Morgan fingerprint density at radius 1 is 1.47 bits per heavy atom. The quantitative estimate of drug-likeness (QED) is 0.722. The minimum Gasteiger partial charge on any atom is -0.481 e. The van der Waals surface area contributed by atoms with Crippen LogP contribution >= 0.6 is 0 Å². The zero-order valence-corrected chi connectivity index (χ0v) is 10.0. The van der Waals surface area contributed by atoms with Gasteiger partial charge in [-0.2, -0.15) is 0 Å². The summed E-state index contributed by atoms with van der Waals surface area (Å²) < 4.78 is 0. The van der Waals surface area contributed by atoms with Crippen molar-refractivity contribution in [2.45, 2.75) is 38.6 Å². The summed E-state index contributed by atoms with van der Waals surface area (Å²) in [6.07, 6.45) is 2.70. The molecule has 0 bridgehead atoms. The van der Waals surface area contributed by atoms with Crippen molar-refractivity contribution in [3.05, 3.63) is 0 Å². The van der Waals surface area contributed by atoms with Crippen LogP contribution in [0, 0.1) is 11.8 Å². The normalized spacial score (nSPS) is 19.1. The second-order valence-electron chi connectivity index (χ2n) is 4.03. The van der Waals surface area contributed by atoms with E-state index in [4.69, 9.17) is 5.11 Å². The van der Waals surface area contributed by atoms with Gasteiger partial charge in [-0.3, -0.25) is 4.79 Å². The molecule has 94 valence electrons. The number of carboxylic acids is 1. The molecule has 2 amide bonds. The lowest BCUT2D eigenvalue weighted by Gasteiger charge is -2.34. The fourth-order valence-corrected chi connectivity index (χ4v) is 1.99. The number of nitrogens with zero attached hydrogens (tertiary/aromatic N) is 1. The largest absolute Gasteiger partial charge is 0.481 e. The van der Waals surface area contributed by atoms with Gasteiger partial charge in [0.25, 0.3) is 0 Å². The maximum atomic E-state index is 11.8. The Hall–Kier alpha value is -1.70. The fraction of sp³-hybridized carbons (Fsp3) is 0.667. The Morgan fingerprint density at radius 3 is 2.88 bits per heavy atom. The summed E-state index contributed by atoms with van der Waals surface area (Å²) in [5, 5.41) is 11.5. The molecular formula is C12H18N2O3. The van der Waals surface area contributed by atoms with Crippen LogP contribution < -0.4 is 5.32 Å². The number of amides is 2. The number of piperidine rings is 1. The van der Waals surface area contributed by atoms with Gasteiger partial charge in [-0.25, -0.2) is 4.79 Å². The lowest BCUT2D eigenvalue weighted by Crippen LogP contribution is -2.49. The van der Waals surface area contributed by atoms with Crippen molar-refractivity contribution in [3.63, 3.8) is 0 Å². The highest BCUT2D eigenvalue weighted by molar-refractivity contribution is 5.76. The highest BCUT2D eigenvalue weighted by Crippen LogP contribution is 2.19. The summed E-state index contributed by atoms with van der Waals surface area (Å²) in [5.41, 5.74) is 0. The number of likely N-dealkylation sites (tertiary alicyclic amines) is 1. The third-order valence-electron chi connectivity index (χ3n) is 2.80. The summed E-state index contributed by atoms with van der Waals surface area (Å²) in [7, 11) is 0. The van der Waals surface area contributed by atoms with Crippen LogP contribution in [0.5, 0.6) is 0 Å². The molecule has 1 unspecified atom stereocenters. The molecule has 0 spiro atoms. The number of hydrogen-bond donors (Lipinski definition) is 2. The van der Waals surface area contributed by atoms with E-state index in [9.17, 15) is 9.59 Å². The van der Waals surface area contributed by atoms with Crippen LogP contribution in [0.2, 0.25) is 0 Å². The second-order valence-corrected chi connectivity index (χ2v) is 4.03. The second kappa shape index (κ2) is 6.79. The maximum Gasteiger partial charge on any atom is 0.318 e. The first-order valence-corrected chi connectivity index (χ1v) is 5.81. The van der Waals surface area contributed by atoms with Gasteiger partial charge in [0.1, 0.15) is 0 Å². The van der Waals surface area contributed by atoms with E-state index in [0.29, 0.717) is 13.1 Å². The predicted molar refractivity (Wildman–Crippen MR) is 63.4 cm³/mol. The van der Waals surface area contributed by atoms with Crippen LogP contribution in [0.4, 0.5) is 4.79 Å². The maximum absolute atomic E-state index is 11.8. The Bertz CT molecular complexity index is 343. The molecule has 0 aliphatic carbocycles. The van der Waals surface area contributed by atoms with Gasteiger partial charge in [0, 0.05) is 12.6 Å². The van der Waals surface area contributed by atoms with Crippen molar-refractivity contribution in [1.29, 1.82) is 0 Å². The van der Waals surface area contributed by atoms with Gasteiger partial charge < -0.3 is 15.3 Å². The van der Waals surface area contributed by atoms with Gasteiger partial charge in [0.05, 0.1) is 13.0 Å². The molecule has 1 atom stereocenters. The molecule has 1 aliphatic heterocycles. The molecule has 2 N–H and O–H groups in total. The molecule has 0 aromatic carbocycles. The lowest BCUT2D eigenvalue weighted by molar-refractivity contribution is -0.138. The minimum absolute atomic E-state index is 0.0207. The number of hydrogen-bond acceptors (Lipinski definition) is 2. The van der Waals surface area contributed by atoms with Gasteiger partial charge in [0.15, 0.2) is 0 Å². The van der Waals surface area contributed by atoms with Crippen molar-refractivity contribution in [3.8, 4) is 11.8 Å². The zero-order valence-electron chi connectivity index (χ0n) is 10.0. The van der Waals surface area contributed by atoms with Crippen molar-refractivity contribution >= 4 is 12.0 Å². The number of aliphatic carboxylic acids is 1. The number of rotatable bonds is 3. The minimum atomic E-state index is -0.858. The van der Waals surface area contributed by atoms with Gasteiger partial charge in [0.2, 0.25) is 0 Å². The standard InChI is InChI=1S/C12H18N2O3/c1-2-3-7-13-12(17)14-8-5-4-6-10(14)9-11(15)16/h10H,4-9H2,1H3,(H,13,17)(H,15,16). The van der Waals surface area contributed by atoms with Gasteiger partial charge in [-0.1, -0.05) is 5.92 Å². The average Bonchev–Trinajstić information content (AvgIpc) is 2.29. The van der Waals surface area contributed by atoms with E-state index in [2.05, 4.69) is 17.2 Å². The first-order valence-electron chi connectivity index (χ1n) is 5.81. The van der Waals surface area contributed by atoms with Crippen molar-refractivity contribution in [1.82, 2.24) is 10.2 Å². The fourth-order valence-electron chi connectivity index (χ4n) is 1.99. The molecule has 1 aliphatic rings. The summed E-state index contributed by atoms with van der Waals surface area (Å²) in [6, 6.07) is -0.394. The van der Waals surface area contributed by atoms with E-state index < -0.39 is 5.97 Å². The van der Waals surface area contributed by atoms with Crippen molar-refractivity contribution in [2.75, 3.05) is 13.1 Å². The zero-order chi connectivity index (χ0) is 12.7. The van der Waals surface area contributed by atoms with E-state index in [-0.39, 0.29) is 18.5 Å². The van der Waals surface area contributed by atoms with Crippen molar-refractivity contribution in [2.24, 2.45) is 0 Å². The van der Waals surface area contributed by atoms with Crippen LogP contribution in [0.3, 0.4) is 0 Å². The molecular weight excluding hydrogens is 220 g/mol. The summed E-state index contributed by atoms with van der Waals surface area (Å²) in [6.45, 7) is 2.65. The van der Waals surface area contributed by atoms with E-state index in [1.165, 1.54) is 0 Å². The molecule has 5 heteroatoms. The Labute approximate surface area is 101 Å². The number of carbonyl (C=O) groups is 2. The van der Waals surface area contributed by atoms with E-state index >= 15 is 0 Å². The number of carbonyl (C=O) groups excluding carboxylic acids is 1. The Kier molecular flexibility index (Phi) is 5.34. The van der Waals surface area contributed by atoms with Crippen LogP contribution in [0.25, 0.3) is 0 Å². The predicted octanol–water partition coefficient (Wildman–Crippen LogP) is 1.05. The Morgan fingerprint density at radius 2 is 2.24 bits per heavy atom.